The van der Waals surface area contributed by atoms with Crippen LogP contribution in [0.25, 0.3) is 0 Å². The molecule has 2 radical (unpaired) electrons. The molecule has 0 saturated carbocycles. The van der Waals surface area contributed by atoms with Crippen molar-refractivity contribution in [2.24, 2.45) is 0 Å². The summed E-state index contributed by atoms with van der Waals surface area (Å²) in [7, 11) is 4.74. The zero-order chi connectivity index (χ0) is 5.86. The number of nitrogens with one attached hydrogen (secondary N) is 1. The van der Waals surface area contributed by atoms with E-state index < -0.39 is 12.0 Å². The summed E-state index contributed by atoms with van der Waals surface area (Å²) in [6.45, 7) is 1.46. The molecule has 4 heteroatoms. The van der Waals surface area contributed by atoms with Gasteiger partial charge in [-0.3, -0.25) is 4.79 Å². The lowest BCUT2D eigenvalue weighted by atomic mass is 10.3. The molecule has 2 N–H and O–H groups in total. The summed E-state index contributed by atoms with van der Waals surface area (Å²) < 4.78 is 0. The summed E-state index contributed by atoms with van der Waals surface area (Å²) >= 11 is 0. The van der Waals surface area contributed by atoms with Gasteiger partial charge in [-0.15, -0.1) is 0 Å². The van der Waals surface area contributed by atoms with Crippen molar-refractivity contribution in [2.45, 2.75) is 13.0 Å². The van der Waals surface area contributed by atoms with E-state index in [1.807, 2.05) is 0 Å². The highest BCUT2D eigenvalue weighted by atomic mass is 16.4. The molecular weight excluding hydrogens is 92.8 g/mol. The van der Waals surface area contributed by atoms with Gasteiger partial charge in [0.2, 0.25) is 0 Å². The lowest BCUT2D eigenvalue weighted by molar-refractivity contribution is -0.138. The van der Waals surface area contributed by atoms with E-state index in [2.05, 4.69) is 5.23 Å². The molecule has 0 spiro atoms. The van der Waals surface area contributed by atoms with E-state index >= 15 is 0 Å². The highest BCUT2D eigenvalue weighted by Crippen LogP contribution is 1.73. The molecule has 38 valence electrons. The molecule has 0 heterocycles. The van der Waals surface area contributed by atoms with Crippen LogP contribution in [0.3, 0.4) is 0 Å². The molecule has 0 unspecified atom stereocenters. The van der Waals surface area contributed by atoms with Crippen LogP contribution < -0.4 is 5.23 Å². The number of carboxylic acid groups (broad SMARTS) is 1. The Bertz CT molecular complexity index is 75.3. The maximum absolute atomic E-state index is 9.79. The third kappa shape index (κ3) is 2.22. The molecule has 0 aliphatic rings. The first-order chi connectivity index (χ1) is 3.18. The zero-order valence-corrected chi connectivity index (χ0v) is 4.01. The Balaban J connectivity index is 3.34. The Labute approximate surface area is 43.1 Å². The quantitative estimate of drug-likeness (QED) is 0.442. The van der Waals surface area contributed by atoms with Crippen molar-refractivity contribution in [3.63, 3.8) is 0 Å². The van der Waals surface area contributed by atoms with E-state index in [0.717, 1.165) is 0 Å². The number of hydrogen-bond acceptors (Lipinski definition) is 2. The average Bonchev–Trinajstić information content (AvgIpc) is 1.65. The van der Waals surface area contributed by atoms with Gasteiger partial charge in [0.05, 0.1) is 6.04 Å². The standard InChI is InChI=1S/C3H6BNO2/c1-2(5-4)3(6)7/h2,5H,1H3,(H,6,7)/t2-/m0/s1. The van der Waals surface area contributed by atoms with Crippen LogP contribution in [0, 0.1) is 0 Å². The summed E-state index contributed by atoms with van der Waals surface area (Å²) in [5, 5.41) is 10.1. The lowest BCUT2D eigenvalue weighted by Gasteiger charge is -2.00. The van der Waals surface area contributed by atoms with Gasteiger partial charge >= 0.3 is 5.97 Å². The highest BCUT2D eigenvalue weighted by Gasteiger charge is 2.03. The van der Waals surface area contributed by atoms with Crippen molar-refractivity contribution in [1.29, 1.82) is 0 Å². The first-order valence-corrected chi connectivity index (χ1v) is 1.87. The molecule has 0 fully saturated rings. The van der Waals surface area contributed by atoms with Crippen molar-refractivity contribution in [3.8, 4) is 0 Å². The first-order valence-electron chi connectivity index (χ1n) is 1.87. The minimum absolute atomic E-state index is 0.653. The number of hydrogen-bond donors (Lipinski definition) is 2. The summed E-state index contributed by atoms with van der Waals surface area (Å²) in [6.07, 6.45) is 0. The molecular formula is C3H6BNO2. The van der Waals surface area contributed by atoms with Crippen molar-refractivity contribution < 1.29 is 9.90 Å². The second-order valence-corrected chi connectivity index (χ2v) is 1.23. The highest BCUT2D eigenvalue weighted by molar-refractivity contribution is 6.06. The van der Waals surface area contributed by atoms with Crippen LogP contribution in [0.5, 0.6) is 0 Å². The van der Waals surface area contributed by atoms with E-state index in [1.54, 1.807) is 0 Å². The van der Waals surface area contributed by atoms with Crippen LogP contribution in [0.4, 0.5) is 0 Å². The Kier molecular flexibility index (Phi) is 2.44. The second kappa shape index (κ2) is 2.63. The number of carbonyl (C=O) groups is 1. The predicted octanol–water partition coefficient (Wildman–Crippen LogP) is -0.867. The molecule has 0 aliphatic carbocycles. The van der Waals surface area contributed by atoms with Crippen molar-refractivity contribution in [1.82, 2.24) is 5.23 Å². The predicted molar refractivity (Wildman–Crippen MR) is 26.0 cm³/mol. The van der Waals surface area contributed by atoms with Gasteiger partial charge in [0.25, 0.3) is 0 Å². The molecule has 0 rings (SSSR count). The smallest absolute Gasteiger partial charge is 0.319 e. The number of rotatable bonds is 2. The lowest BCUT2D eigenvalue weighted by Crippen LogP contribution is -2.31. The van der Waals surface area contributed by atoms with E-state index in [9.17, 15) is 4.79 Å². The zero-order valence-electron chi connectivity index (χ0n) is 4.01. The maximum Gasteiger partial charge on any atom is 0.319 e. The van der Waals surface area contributed by atoms with Crippen LogP contribution in [0.1, 0.15) is 6.92 Å². The summed E-state index contributed by atoms with van der Waals surface area (Å²) in [4.78, 5) is 9.79. The molecule has 1 atom stereocenters. The second-order valence-electron chi connectivity index (χ2n) is 1.23. The van der Waals surface area contributed by atoms with Crippen LogP contribution >= 0.6 is 0 Å². The van der Waals surface area contributed by atoms with Gasteiger partial charge in [-0.1, -0.05) is 0 Å². The Morgan fingerprint density at radius 2 is 2.43 bits per heavy atom. The van der Waals surface area contributed by atoms with E-state index in [4.69, 9.17) is 13.1 Å². The Morgan fingerprint density at radius 3 is 2.43 bits per heavy atom. The van der Waals surface area contributed by atoms with Crippen LogP contribution in [-0.2, 0) is 4.79 Å². The topological polar surface area (TPSA) is 49.3 Å². The molecule has 0 aliphatic heterocycles. The third-order valence-electron chi connectivity index (χ3n) is 0.620. The van der Waals surface area contributed by atoms with Gasteiger partial charge in [-0.2, -0.15) is 0 Å². The van der Waals surface area contributed by atoms with E-state index in [1.165, 1.54) is 6.92 Å². The van der Waals surface area contributed by atoms with Gasteiger partial charge in [0.15, 0.2) is 7.98 Å². The average molecular weight is 98.9 g/mol. The molecule has 7 heavy (non-hydrogen) atoms. The fraction of sp³-hybridized carbons (Fsp3) is 0.667. The minimum Gasteiger partial charge on any atom is -0.480 e. The molecule has 0 saturated heterocycles. The number of aliphatic carboxylic acids is 1. The fourth-order valence-corrected chi connectivity index (χ4v) is 0.0713. The monoisotopic (exact) mass is 99.0 g/mol. The summed E-state index contributed by atoms with van der Waals surface area (Å²) in [5.74, 6) is -0.942. The Morgan fingerprint density at radius 1 is 2.00 bits per heavy atom. The van der Waals surface area contributed by atoms with Crippen molar-refractivity contribution >= 4 is 14.0 Å². The van der Waals surface area contributed by atoms with Crippen molar-refractivity contribution in [2.75, 3.05) is 0 Å². The molecule has 0 aromatic heterocycles. The summed E-state index contributed by atoms with van der Waals surface area (Å²) in [5.41, 5.74) is 0. The van der Waals surface area contributed by atoms with Gasteiger partial charge in [0.1, 0.15) is 0 Å². The molecule has 0 aromatic rings. The van der Waals surface area contributed by atoms with Crippen LogP contribution in [0.2, 0.25) is 0 Å². The normalized spacial score (nSPS) is 13.3. The molecule has 3 nitrogen and oxygen atoms in total. The van der Waals surface area contributed by atoms with E-state index in [-0.39, 0.29) is 0 Å². The third-order valence-corrected chi connectivity index (χ3v) is 0.620. The fourth-order valence-electron chi connectivity index (χ4n) is 0.0713. The van der Waals surface area contributed by atoms with E-state index in [0.29, 0.717) is 0 Å². The van der Waals surface area contributed by atoms with Gasteiger partial charge in [0, 0.05) is 0 Å². The SMILES string of the molecule is [B]N[C@@H](C)C(=O)O. The van der Waals surface area contributed by atoms with Gasteiger partial charge < -0.3 is 10.3 Å². The molecule has 0 aromatic carbocycles. The van der Waals surface area contributed by atoms with Crippen molar-refractivity contribution in [3.05, 3.63) is 0 Å². The summed E-state index contributed by atoms with van der Waals surface area (Å²) in [6, 6.07) is -0.653. The maximum atomic E-state index is 9.79. The van der Waals surface area contributed by atoms with Crippen LogP contribution in [-0.4, -0.2) is 25.1 Å². The number of carboxylic acids is 1. The van der Waals surface area contributed by atoms with Gasteiger partial charge in [-0.25, -0.2) is 0 Å². The van der Waals surface area contributed by atoms with Crippen LogP contribution in [0.15, 0.2) is 0 Å². The first kappa shape index (κ1) is 6.49. The molecule has 0 amide bonds. The largest absolute Gasteiger partial charge is 0.480 e. The minimum atomic E-state index is -0.942. The van der Waals surface area contributed by atoms with Gasteiger partial charge in [-0.05, 0) is 6.92 Å². The Hall–Kier alpha value is -0.505. The molecule has 0 bridgehead atoms.